The van der Waals surface area contributed by atoms with Crippen LogP contribution in [0.3, 0.4) is 0 Å². The van der Waals surface area contributed by atoms with Gasteiger partial charge in [0.05, 0.1) is 6.26 Å². The Kier molecular flexibility index (Phi) is 4.59. The molecule has 0 aliphatic heterocycles. The van der Waals surface area contributed by atoms with E-state index < -0.39 is 0 Å². The van der Waals surface area contributed by atoms with E-state index in [9.17, 15) is 0 Å². The summed E-state index contributed by atoms with van der Waals surface area (Å²) in [6, 6.07) is 21.6. The Morgan fingerprint density at radius 2 is 1.72 bits per heavy atom. The van der Waals surface area contributed by atoms with Gasteiger partial charge >= 0.3 is 0 Å². The molecule has 2 heterocycles. The van der Waals surface area contributed by atoms with Gasteiger partial charge in [-0.2, -0.15) is 0 Å². The first-order chi connectivity index (χ1) is 12.3. The lowest BCUT2D eigenvalue weighted by Gasteiger charge is -2.09. The maximum absolute atomic E-state index is 6.26. The Labute approximate surface area is 154 Å². The van der Waals surface area contributed by atoms with Crippen LogP contribution in [0.2, 0.25) is 5.02 Å². The minimum absolute atomic E-state index is 0.679. The summed E-state index contributed by atoms with van der Waals surface area (Å²) in [5.41, 5.74) is 2.05. The van der Waals surface area contributed by atoms with Crippen LogP contribution in [0.15, 0.2) is 82.6 Å². The predicted octanol–water partition coefficient (Wildman–Crippen LogP) is 5.47. The molecule has 0 fully saturated rings. The summed E-state index contributed by atoms with van der Waals surface area (Å²) in [5, 5.41) is 10.2. The van der Waals surface area contributed by atoms with E-state index in [1.54, 1.807) is 18.0 Å². The van der Waals surface area contributed by atoms with Gasteiger partial charge in [-0.3, -0.25) is 4.57 Å². The van der Waals surface area contributed by atoms with Gasteiger partial charge in [0.25, 0.3) is 0 Å². The number of para-hydroxylation sites is 1. The lowest BCUT2D eigenvalue weighted by Crippen LogP contribution is -1.99. The van der Waals surface area contributed by atoms with E-state index >= 15 is 0 Å². The summed E-state index contributed by atoms with van der Waals surface area (Å²) in [4.78, 5) is 0. The second kappa shape index (κ2) is 7.17. The highest BCUT2D eigenvalue weighted by atomic mass is 35.5. The molecule has 0 unspecified atom stereocenters. The highest BCUT2D eigenvalue weighted by Gasteiger charge is 2.18. The van der Waals surface area contributed by atoms with Gasteiger partial charge in [-0.15, -0.1) is 10.2 Å². The average Bonchev–Trinajstić information content (AvgIpc) is 3.31. The van der Waals surface area contributed by atoms with Crippen LogP contribution in [0.25, 0.3) is 17.3 Å². The summed E-state index contributed by atoms with van der Waals surface area (Å²) in [6.45, 7) is 0. The summed E-state index contributed by atoms with van der Waals surface area (Å²) in [5.74, 6) is 2.07. The van der Waals surface area contributed by atoms with E-state index in [-0.39, 0.29) is 0 Å². The quantitative estimate of drug-likeness (QED) is 0.438. The number of furan rings is 1. The van der Waals surface area contributed by atoms with Crippen LogP contribution in [0, 0.1) is 0 Å². The van der Waals surface area contributed by atoms with Crippen molar-refractivity contribution >= 4 is 23.4 Å². The van der Waals surface area contributed by atoms with Gasteiger partial charge in [0.15, 0.2) is 10.9 Å². The maximum Gasteiger partial charge on any atom is 0.205 e. The van der Waals surface area contributed by atoms with E-state index in [1.807, 2.05) is 71.3 Å². The molecule has 0 atom stereocenters. The van der Waals surface area contributed by atoms with E-state index in [1.165, 1.54) is 0 Å². The largest absolute Gasteiger partial charge is 0.461 e. The first-order valence-corrected chi connectivity index (χ1v) is 9.10. The summed E-state index contributed by atoms with van der Waals surface area (Å²) in [6.07, 6.45) is 1.63. The van der Waals surface area contributed by atoms with Crippen molar-refractivity contribution in [2.75, 3.05) is 0 Å². The number of nitrogens with zero attached hydrogens (tertiary/aromatic N) is 3. The van der Waals surface area contributed by atoms with E-state index in [2.05, 4.69) is 10.2 Å². The minimum Gasteiger partial charge on any atom is -0.461 e. The molecule has 124 valence electrons. The van der Waals surface area contributed by atoms with Crippen molar-refractivity contribution in [2.45, 2.75) is 10.9 Å². The molecule has 6 heteroatoms. The number of aromatic nitrogens is 3. The Balaban J connectivity index is 1.72. The number of benzene rings is 2. The fourth-order valence-corrected chi connectivity index (χ4v) is 3.73. The Hall–Kier alpha value is -2.50. The summed E-state index contributed by atoms with van der Waals surface area (Å²) in [7, 11) is 0. The molecule has 4 aromatic rings. The molecule has 4 rings (SSSR count). The normalized spacial score (nSPS) is 10.9. The first kappa shape index (κ1) is 16.0. The molecule has 2 aromatic carbocycles. The standard InChI is InChI=1S/C19H14ClN3OS/c20-16-10-5-4-7-14(16)13-25-19-22-21-18(17-11-6-12-24-17)23(19)15-8-2-1-3-9-15/h1-12H,13H2. The molecule has 4 nitrogen and oxygen atoms in total. The van der Waals surface area contributed by atoms with E-state index in [0.717, 1.165) is 21.4 Å². The van der Waals surface area contributed by atoms with Crippen molar-refractivity contribution in [1.29, 1.82) is 0 Å². The molecule has 0 spiro atoms. The topological polar surface area (TPSA) is 43.9 Å². The van der Waals surface area contributed by atoms with Crippen LogP contribution in [0.5, 0.6) is 0 Å². The fraction of sp³-hybridized carbons (Fsp3) is 0.0526. The summed E-state index contributed by atoms with van der Waals surface area (Å²) < 4.78 is 7.52. The number of halogens is 1. The Bertz CT molecular complexity index is 968. The van der Waals surface area contributed by atoms with Crippen LogP contribution >= 0.6 is 23.4 Å². The van der Waals surface area contributed by atoms with Crippen LogP contribution in [-0.2, 0) is 5.75 Å². The molecule has 0 aliphatic carbocycles. The molecular weight excluding hydrogens is 354 g/mol. The monoisotopic (exact) mass is 367 g/mol. The molecule has 0 N–H and O–H groups in total. The van der Waals surface area contributed by atoms with Crippen molar-refractivity contribution in [1.82, 2.24) is 14.8 Å². The zero-order chi connectivity index (χ0) is 17.1. The molecule has 0 radical (unpaired) electrons. The average molecular weight is 368 g/mol. The fourth-order valence-electron chi connectivity index (χ4n) is 2.50. The zero-order valence-electron chi connectivity index (χ0n) is 13.2. The molecule has 25 heavy (non-hydrogen) atoms. The highest BCUT2D eigenvalue weighted by Crippen LogP contribution is 2.31. The second-order valence-electron chi connectivity index (χ2n) is 5.33. The predicted molar refractivity (Wildman–Crippen MR) is 100 cm³/mol. The van der Waals surface area contributed by atoms with E-state index in [4.69, 9.17) is 16.0 Å². The van der Waals surface area contributed by atoms with Crippen molar-refractivity contribution in [3.63, 3.8) is 0 Å². The molecule has 2 aromatic heterocycles. The SMILES string of the molecule is Clc1ccccc1CSc1nnc(-c2ccco2)n1-c1ccccc1. The maximum atomic E-state index is 6.26. The molecule has 0 saturated heterocycles. The van der Waals surface area contributed by atoms with Crippen LogP contribution in [0.4, 0.5) is 0 Å². The van der Waals surface area contributed by atoms with Gasteiger partial charge in [0.2, 0.25) is 5.82 Å². The van der Waals surface area contributed by atoms with Crippen LogP contribution in [0.1, 0.15) is 5.56 Å². The lowest BCUT2D eigenvalue weighted by molar-refractivity contribution is 0.575. The van der Waals surface area contributed by atoms with Gasteiger partial charge in [0, 0.05) is 16.5 Å². The lowest BCUT2D eigenvalue weighted by atomic mass is 10.2. The number of thioether (sulfide) groups is 1. The Morgan fingerprint density at radius 1 is 0.920 bits per heavy atom. The molecule has 0 saturated carbocycles. The van der Waals surface area contributed by atoms with Gasteiger partial charge in [-0.1, -0.05) is 59.8 Å². The third kappa shape index (κ3) is 3.34. The van der Waals surface area contributed by atoms with Gasteiger partial charge in [-0.25, -0.2) is 0 Å². The number of hydrogen-bond donors (Lipinski definition) is 0. The van der Waals surface area contributed by atoms with Crippen molar-refractivity contribution < 1.29 is 4.42 Å². The molecule has 0 aliphatic rings. The zero-order valence-corrected chi connectivity index (χ0v) is 14.7. The number of hydrogen-bond acceptors (Lipinski definition) is 4. The third-order valence-electron chi connectivity index (χ3n) is 3.70. The van der Waals surface area contributed by atoms with Gasteiger partial charge in [0.1, 0.15) is 0 Å². The van der Waals surface area contributed by atoms with Crippen LogP contribution < -0.4 is 0 Å². The van der Waals surface area contributed by atoms with E-state index in [0.29, 0.717) is 17.3 Å². The summed E-state index contributed by atoms with van der Waals surface area (Å²) >= 11 is 7.85. The first-order valence-electron chi connectivity index (χ1n) is 7.74. The molecular formula is C19H14ClN3OS. The van der Waals surface area contributed by atoms with Crippen LogP contribution in [-0.4, -0.2) is 14.8 Å². The highest BCUT2D eigenvalue weighted by molar-refractivity contribution is 7.98. The molecule has 0 amide bonds. The minimum atomic E-state index is 0.679. The van der Waals surface area contributed by atoms with Crippen molar-refractivity contribution in [3.8, 4) is 17.3 Å². The second-order valence-corrected chi connectivity index (χ2v) is 6.68. The van der Waals surface area contributed by atoms with Gasteiger partial charge < -0.3 is 4.42 Å². The third-order valence-corrected chi connectivity index (χ3v) is 5.05. The molecule has 0 bridgehead atoms. The van der Waals surface area contributed by atoms with Crippen molar-refractivity contribution in [3.05, 3.63) is 83.6 Å². The van der Waals surface area contributed by atoms with Gasteiger partial charge in [-0.05, 0) is 35.9 Å². The number of rotatable bonds is 5. The smallest absolute Gasteiger partial charge is 0.205 e. The Morgan fingerprint density at radius 3 is 2.48 bits per heavy atom. The van der Waals surface area contributed by atoms with Crippen molar-refractivity contribution in [2.24, 2.45) is 0 Å².